The molecule has 3 amide bonds. The van der Waals surface area contributed by atoms with Crippen LogP contribution in [0.3, 0.4) is 0 Å². The molecule has 30 heavy (non-hydrogen) atoms. The molecule has 1 aromatic carbocycles. The average molecular weight is 410 g/mol. The summed E-state index contributed by atoms with van der Waals surface area (Å²) in [5, 5.41) is 13.0. The normalized spacial score (nSPS) is 26.1. The maximum absolute atomic E-state index is 12.7. The number of benzene rings is 1. The van der Waals surface area contributed by atoms with Gasteiger partial charge in [-0.3, -0.25) is 4.79 Å². The molecule has 2 heterocycles. The summed E-state index contributed by atoms with van der Waals surface area (Å²) in [5.41, 5.74) is 2.04. The molecule has 2 aliphatic heterocycles. The van der Waals surface area contributed by atoms with Gasteiger partial charge in [-0.1, -0.05) is 50.7 Å². The molecule has 3 atom stereocenters. The number of amides is 3. The minimum absolute atomic E-state index is 0.0214. The number of carbonyl (C=O) groups excluding carboxylic acids is 2. The fourth-order valence-corrected chi connectivity index (χ4v) is 5.01. The van der Waals surface area contributed by atoms with Gasteiger partial charge in [0.2, 0.25) is 5.91 Å². The van der Waals surface area contributed by atoms with E-state index in [0.717, 1.165) is 36.8 Å². The number of fused-ring (bicyclic) bond motifs is 1. The number of rotatable bonds is 3. The molecule has 1 aromatic rings. The first-order valence-electron chi connectivity index (χ1n) is 11.1. The third-order valence-electron chi connectivity index (χ3n) is 6.52. The van der Waals surface area contributed by atoms with Crippen molar-refractivity contribution in [1.29, 1.82) is 0 Å². The minimum Gasteiger partial charge on any atom is -0.394 e. The van der Waals surface area contributed by atoms with Crippen LogP contribution in [-0.4, -0.2) is 64.7 Å². The molecule has 6 nitrogen and oxygen atoms in total. The number of hydrogen-bond acceptors (Lipinski definition) is 3. The summed E-state index contributed by atoms with van der Waals surface area (Å²) in [4.78, 5) is 28.9. The maximum Gasteiger partial charge on any atom is 0.318 e. The van der Waals surface area contributed by atoms with Gasteiger partial charge < -0.3 is 20.2 Å². The van der Waals surface area contributed by atoms with Crippen molar-refractivity contribution in [3.05, 3.63) is 35.4 Å². The highest BCUT2D eigenvalue weighted by Gasteiger charge is 2.54. The first-order valence-corrected chi connectivity index (χ1v) is 11.1. The van der Waals surface area contributed by atoms with Crippen molar-refractivity contribution < 1.29 is 14.7 Å². The van der Waals surface area contributed by atoms with Gasteiger partial charge in [0.25, 0.3) is 0 Å². The van der Waals surface area contributed by atoms with E-state index in [1.54, 1.807) is 9.80 Å². The predicted octanol–water partition coefficient (Wildman–Crippen LogP) is 2.32. The highest BCUT2D eigenvalue weighted by molar-refractivity contribution is 5.87. The standard InChI is InChI=1S/C24H31N3O3/c1-16(2)7-8-17-9-11-18(12-10-17)23-20-13-26(14-22(29)27(20)21(23)15-28)24(30)25-19-5-3-4-6-19/h9-12,16,19-21,23,28H,3-6,13-15H2,1-2H3,(H,25,30)/t20-,21-,23+/m0/s1. The van der Waals surface area contributed by atoms with Crippen LogP contribution in [0.1, 0.15) is 56.6 Å². The number of carbonyl (C=O) groups is 2. The van der Waals surface area contributed by atoms with Gasteiger partial charge >= 0.3 is 6.03 Å². The van der Waals surface area contributed by atoms with E-state index >= 15 is 0 Å². The number of aliphatic hydroxyl groups is 1. The third kappa shape index (κ3) is 4.04. The third-order valence-corrected chi connectivity index (χ3v) is 6.52. The van der Waals surface area contributed by atoms with E-state index < -0.39 is 0 Å². The van der Waals surface area contributed by atoms with Crippen molar-refractivity contribution >= 4 is 11.9 Å². The topological polar surface area (TPSA) is 72.9 Å². The van der Waals surface area contributed by atoms with Crippen molar-refractivity contribution in [2.45, 2.75) is 63.6 Å². The van der Waals surface area contributed by atoms with Gasteiger partial charge in [0.1, 0.15) is 6.54 Å². The van der Waals surface area contributed by atoms with Crippen LogP contribution in [0, 0.1) is 17.8 Å². The molecule has 1 saturated carbocycles. The van der Waals surface area contributed by atoms with Crippen LogP contribution < -0.4 is 5.32 Å². The van der Waals surface area contributed by atoms with Crippen LogP contribution in [0.4, 0.5) is 4.79 Å². The summed E-state index contributed by atoms with van der Waals surface area (Å²) < 4.78 is 0. The Balaban J connectivity index is 1.48. The van der Waals surface area contributed by atoms with Gasteiger partial charge in [0, 0.05) is 30.0 Å². The lowest BCUT2D eigenvalue weighted by molar-refractivity contribution is -0.159. The molecule has 0 radical (unpaired) electrons. The van der Waals surface area contributed by atoms with Gasteiger partial charge in [-0.2, -0.15) is 0 Å². The second-order valence-corrected chi connectivity index (χ2v) is 9.00. The highest BCUT2D eigenvalue weighted by Crippen LogP contribution is 2.42. The van der Waals surface area contributed by atoms with E-state index in [0.29, 0.717) is 12.5 Å². The maximum atomic E-state index is 12.7. The van der Waals surface area contributed by atoms with Crippen molar-refractivity contribution in [2.75, 3.05) is 19.7 Å². The van der Waals surface area contributed by atoms with Crippen molar-refractivity contribution in [1.82, 2.24) is 15.1 Å². The monoisotopic (exact) mass is 409 g/mol. The van der Waals surface area contributed by atoms with Gasteiger partial charge in [-0.25, -0.2) is 4.79 Å². The molecule has 0 aromatic heterocycles. The summed E-state index contributed by atoms with van der Waals surface area (Å²) in [6.07, 6.45) is 4.34. The summed E-state index contributed by atoms with van der Waals surface area (Å²) in [7, 11) is 0. The summed E-state index contributed by atoms with van der Waals surface area (Å²) in [6, 6.07) is 7.84. The van der Waals surface area contributed by atoms with Crippen molar-refractivity contribution in [2.24, 2.45) is 5.92 Å². The van der Waals surface area contributed by atoms with Crippen LogP contribution in [0.2, 0.25) is 0 Å². The number of hydrogen-bond donors (Lipinski definition) is 2. The smallest absolute Gasteiger partial charge is 0.318 e. The molecule has 6 heteroatoms. The lowest BCUT2D eigenvalue weighted by Gasteiger charge is -2.58. The summed E-state index contributed by atoms with van der Waals surface area (Å²) in [5.74, 6) is 6.59. The van der Waals surface area contributed by atoms with Crippen molar-refractivity contribution in [3.8, 4) is 11.8 Å². The van der Waals surface area contributed by atoms with E-state index in [1.165, 1.54) is 0 Å². The van der Waals surface area contributed by atoms with Crippen LogP contribution in [0.15, 0.2) is 24.3 Å². The zero-order chi connectivity index (χ0) is 21.3. The lowest BCUT2D eigenvalue weighted by Crippen LogP contribution is -2.74. The first-order chi connectivity index (χ1) is 14.5. The Hall–Kier alpha value is -2.52. The Kier molecular flexibility index (Phi) is 6.01. The fraction of sp³-hybridized carbons (Fsp3) is 0.583. The van der Waals surface area contributed by atoms with Gasteiger partial charge in [-0.15, -0.1) is 0 Å². The Morgan fingerprint density at radius 3 is 2.57 bits per heavy atom. The molecule has 0 spiro atoms. The molecule has 2 saturated heterocycles. The number of aliphatic hydroxyl groups excluding tert-OH is 1. The largest absolute Gasteiger partial charge is 0.394 e. The Labute approximate surface area is 178 Å². The second-order valence-electron chi connectivity index (χ2n) is 9.00. The Morgan fingerprint density at radius 2 is 1.93 bits per heavy atom. The average Bonchev–Trinajstić information content (AvgIpc) is 3.21. The van der Waals surface area contributed by atoms with E-state index in [1.807, 2.05) is 24.3 Å². The summed E-state index contributed by atoms with van der Waals surface area (Å²) in [6.45, 7) is 4.63. The van der Waals surface area contributed by atoms with E-state index in [-0.39, 0.29) is 49.1 Å². The number of urea groups is 1. The molecule has 3 aliphatic rings. The molecule has 4 rings (SSSR count). The number of nitrogens with zero attached hydrogens (tertiary/aromatic N) is 2. The Bertz CT molecular complexity index is 849. The minimum atomic E-state index is -0.227. The van der Waals surface area contributed by atoms with Crippen LogP contribution in [0.5, 0.6) is 0 Å². The molecule has 1 aliphatic carbocycles. The Morgan fingerprint density at radius 1 is 1.23 bits per heavy atom. The SMILES string of the molecule is CC(C)C#Cc1ccc([C@H]2[C@H](CO)N3C(=O)CN(C(=O)NC4CCCC4)C[C@@H]23)cc1. The van der Waals surface area contributed by atoms with Crippen LogP contribution >= 0.6 is 0 Å². The zero-order valence-corrected chi connectivity index (χ0v) is 17.8. The quantitative estimate of drug-likeness (QED) is 0.753. The van der Waals surface area contributed by atoms with E-state index in [2.05, 4.69) is 31.0 Å². The fourth-order valence-electron chi connectivity index (χ4n) is 5.01. The zero-order valence-electron chi connectivity index (χ0n) is 17.8. The molecular formula is C24H31N3O3. The second kappa shape index (κ2) is 8.69. The van der Waals surface area contributed by atoms with Gasteiger partial charge in [0.15, 0.2) is 0 Å². The number of piperazine rings is 1. The predicted molar refractivity (Wildman–Crippen MR) is 115 cm³/mol. The van der Waals surface area contributed by atoms with Crippen molar-refractivity contribution in [3.63, 3.8) is 0 Å². The molecule has 0 bridgehead atoms. The number of nitrogens with one attached hydrogen (secondary N) is 1. The first kappa shape index (κ1) is 20.7. The molecule has 0 unspecified atom stereocenters. The van der Waals surface area contributed by atoms with Gasteiger partial charge in [-0.05, 0) is 30.5 Å². The molecule has 160 valence electrons. The van der Waals surface area contributed by atoms with Crippen LogP contribution in [0.25, 0.3) is 0 Å². The molecular weight excluding hydrogens is 378 g/mol. The van der Waals surface area contributed by atoms with E-state index in [4.69, 9.17) is 0 Å². The van der Waals surface area contributed by atoms with Gasteiger partial charge in [0.05, 0.1) is 18.7 Å². The molecule has 3 fully saturated rings. The van der Waals surface area contributed by atoms with Crippen LogP contribution in [-0.2, 0) is 4.79 Å². The molecule has 2 N–H and O–H groups in total. The highest BCUT2D eigenvalue weighted by atomic mass is 16.3. The lowest BCUT2D eigenvalue weighted by atomic mass is 9.73. The van der Waals surface area contributed by atoms with E-state index in [9.17, 15) is 14.7 Å². The summed E-state index contributed by atoms with van der Waals surface area (Å²) >= 11 is 0.